The van der Waals surface area contributed by atoms with Crippen molar-refractivity contribution >= 4 is 35.5 Å². The zero-order valence-corrected chi connectivity index (χ0v) is 29.4. The minimum atomic E-state index is -1.47. The molecule has 49 heavy (non-hydrogen) atoms. The third kappa shape index (κ3) is 14.5. The molecule has 0 spiro atoms. The van der Waals surface area contributed by atoms with Gasteiger partial charge in [-0.2, -0.15) is 0 Å². The molecular formula is C34H54N6O9. The molecule has 274 valence electrons. The lowest BCUT2D eigenvalue weighted by molar-refractivity contribution is -0.160. The van der Waals surface area contributed by atoms with Gasteiger partial charge >= 0.3 is 5.97 Å². The van der Waals surface area contributed by atoms with Gasteiger partial charge in [0.15, 0.2) is 0 Å². The van der Waals surface area contributed by atoms with Crippen molar-refractivity contribution in [2.75, 3.05) is 19.7 Å². The summed E-state index contributed by atoms with van der Waals surface area (Å²) in [5, 5.41) is 31.2. The molecule has 0 bridgehead atoms. The van der Waals surface area contributed by atoms with Gasteiger partial charge in [-0.1, -0.05) is 44.2 Å². The van der Waals surface area contributed by atoms with Crippen LogP contribution in [0.4, 0.5) is 0 Å². The number of nitrogens with two attached hydrogens (primary N) is 1. The van der Waals surface area contributed by atoms with Crippen LogP contribution in [0.2, 0.25) is 0 Å². The van der Waals surface area contributed by atoms with E-state index in [9.17, 15) is 39.0 Å². The molecule has 0 saturated carbocycles. The Bertz CT molecular complexity index is 1290. The second kappa shape index (κ2) is 19.2. The van der Waals surface area contributed by atoms with E-state index in [1.54, 1.807) is 34.6 Å². The Morgan fingerprint density at radius 2 is 1.53 bits per heavy atom. The lowest BCUT2D eigenvalue weighted by atomic mass is 9.99. The van der Waals surface area contributed by atoms with Crippen LogP contribution >= 0.6 is 0 Å². The van der Waals surface area contributed by atoms with Crippen molar-refractivity contribution in [3.63, 3.8) is 0 Å². The van der Waals surface area contributed by atoms with E-state index < -0.39 is 90.4 Å². The quantitative estimate of drug-likeness (QED) is 0.0955. The molecule has 8 N–H and O–H groups in total. The number of hydrogen-bond acceptors (Lipinski definition) is 10. The average molecular weight is 691 g/mol. The van der Waals surface area contributed by atoms with Crippen molar-refractivity contribution in [1.29, 1.82) is 0 Å². The SMILES string of the molecule is CC(=O)N[C@@H](CO)C(=O)N[C@@H](CC(C)C)C(=O)N[C@@H](CC(N)=O)C(=O)N[C@@H](Cc1ccccc1)[C@H](O)CN1CCC[C@H]1C(=O)OC(C)(C)C. The zero-order valence-electron chi connectivity index (χ0n) is 29.4. The maximum Gasteiger partial charge on any atom is 0.323 e. The summed E-state index contributed by atoms with van der Waals surface area (Å²) in [4.78, 5) is 78.3. The molecule has 1 saturated heterocycles. The van der Waals surface area contributed by atoms with E-state index >= 15 is 0 Å². The highest BCUT2D eigenvalue weighted by atomic mass is 16.6. The smallest absolute Gasteiger partial charge is 0.323 e. The fourth-order valence-electron chi connectivity index (χ4n) is 5.58. The number of nitrogens with one attached hydrogen (secondary N) is 4. The number of aliphatic hydroxyl groups is 2. The fraction of sp³-hybridized carbons (Fsp3) is 0.647. The number of primary amides is 1. The van der Waals surface area contributed by atoms with Crippen LogP contribution in [0.3, 0.4) is 0 Å². The number of ether oxygens (including phenoxy) is 1. The first kappa shape index (κ1) is 41.1. The van der Waals surface area contributed by atoms with Crippen molar-refractivity contribution in [3.05, 3.63) is 35.9 Å². The zero-order chi connectivity index (χ0) is 36.9. The highest BCUT2D eigenvalue weighted by Crippen LogP contribution is 2.22. The van der Waals surface area contributed by atoms with Gasteiger partial charge in [0.05, 0.1) is 25.2 Å². The Morgan fingerprint density at radius 1 is 0.939 bits per heavy atom. The van der Waals surface area contributed by atoms with Crippen molar-refractivity contribution in [2.24, 2.45) is 11.7 Å². The second-order valence-electron chi connectivity index (χ2n) is 13.9. The first-order valence-corrected chi connectivity index (χ1v) is 16.7. The minimum Gasteiger partial charge on any atom is -0.459 e. The second-order valence-corrected chi connectivity index (χ2v) is 13.9. The Balaban J connectivity index is 2.29. The molecule has 1 aromatic carbocycles. The molecule has 5 amide bonds. The normalized spacial score (nSPS) is 18.0. The summed E-state index contributed by atoms with van der Waals surface area (Å²) in [6.45, 7) is 9.99. The molecule has 15 heteroatoms. The summed E-state index contributed by atoms with van der Waals surface area (Å²) in [7, 11) is 0. The molecular weight excluding hydrogens is 636 g/mol. The van der Waals surface area contributed by atoms with Crippen LogP contribution in [-0.2, 0) is 39.9 Å². The van der Waals surface area contributed by atoms with E-state index in [0.29, 0.717) is 13.0 Å². The predicted molar refractivity (Wildman–Crippen MR) is 180 cm³/mol. The Morgan fingerprint density at radius 3 is 2.08 bits per heavy atom. The van der Waals surface area contributed by atoms with Crippen molar-refractivity contribution in [2.45, 2.75) is 116 Å². The highest BCUT2D eigenvalue weighted by molar-refractivity contribution is 5.95. The first-order valence-electron chi connectivity index (χ1n) is 16.7. The van der Waals surface area contributed by atoms with Crippen molar-refractivity contribution < 1.29 is 43.7 Å². The van der Waals surface area contributed by atoms with Gasteiger partial charge in [-0.25, -0.2) is 0 Å². The number of hydrogen-bond donors (Lipinski definition) is 7. The molecule has 2 rings (SSSR count). The summed E-state index contributed by atoms with van der Waals surface area (Å²) < 4.78 is 5.59. The van der Waals surface area contributed by atoms with E-state index in [1.165, 1.54) is 6.92 Å². The number of likely N-dealkylation sites (tertiary alicyclic amines) is 1. The van der Waals surface area contributed by atoms with Crippen LogP contribution in [0.1, 0.15) is 72.8 Å². The van der Waals surface area contributed by atoms with Gasteiger partial charge < -0.3 is 42.0 Å². The molecule has 6 atom stereocenters. The maximum absolute atomic E-state index is 13.7. The summed E-state index contributed by atoms with van der Waals surface area (Å²) in [5.74, 6) is -4.34. The molecule has 0 unspecified atom stereocenters. The van der Waals surface area contributed by atoms with Gasteiger partial charge in [-0.3, -0.25) is 33.7 Å². The van der Waals surface area contributed by atoms with Crippen LogP contribution in [-0.4, -0.2) is 112 Å². The van der Waals surface area contributed by atoms with Gasteiger partial charge in [0.1, 0.15) is 29.8 Å². The highest BCUT2D eigenvalue weighted by Gasteiger charge is 2.37. The predicted octanol–water partition coefficient (Wildman–Crippen LogP) is -0.731. The number of carbonyl (C=O) groups excluding carboxylic acids is 6. The number of benzene rings is 1. The summed E-state index contributed by atoms with van der Waals surface area (Å²) >= 11 is 0. The molecule has 0 aliphatic carbocycles. The van der Waals surface area contributed by atoms with Gasteiger partial charge in [0.2, 0.25) is 29.5 Å². The number of amides is 5. The van der Waals surface area contributed by atoms with Gasteiger partial charge in [0, 0.05) is 13.5 Å². The molecule has 15 nitrogen and oxygen atoms in total. The van der Waals surface area contributed by atoms with E-state index in [4.69, 9.17) is 10.5 Å². The van der Waals surface area contributed by atoms with Gasteiger partial charge in [-0.05, 0) is 64.5 Å². The molecule has 0 aromatic heterocycles. The molecule has 1 heterocycles. The summed E-state index contributed by atoms with van der Waals surface area (Å²) in [6.07, 6.45) is -0.155. The Labute approximate surface area is 288 Å². The van der Waals surface area contributed by atoms with E-state index in [2.05, 4.69) is 21.3 Å². The van der Waals surface area contributed by atoms with Crippen LogP contribution in [0.5, 0.6) is 0 Å². The van der Waals surface area contributed by atoms with Crippen LogP contribution < -0.4 is 27.0 Å². The molecule has 1 aromatic rings. The number of esters is 1. The average Bonchev–Trinajstić information content (AvgIpc) is 3.46. The first-order chi connectivity index (χ1) is 22.9. The topological polar surface area (TPSA) is 229 Å². The van der Waals surface area contributed by atoms with Crippen molar-refractivity contribution in [1.82, 2.24) is 26.2 Å². The van der Waals surface area contributed by atoms with Crippen molar-refractivity contribution in [3.8, 4) is 0 Å². The Hall–Kier alpha value is -4.08. The monoisotopic (exact) mass is 690 g/mol. The number of β-amino-alcohol motifs (C(OH)–C–C–N with tert-alkyl or cyclic N) is 1. The third-order valence-electron chi connectivity index (χ3n) is 7.81. The molecule has 1 aliphatic rings. The number of nitrogens with zero attached hydrogens (tertiary/aromatic N) is 1. The minimum absolute atomic E-state index is 0.0390. The summed E-state index contributed by atoms with van der Waals surface area (Å²) in [5.41, 5.74) is 5.56. The number of carbonyl (C=O) groups is 6. The number of rotatable bonds is 18. The largest absolute Gasteiger partial charge is 0.459 e. The molecule has 1 fully saturated rings. The van der Waals surface area contributed by atoms with Gasteiger partial charge in [-0.15, -0.1) is 0 Å². The lowest BCUT2D eigenvalue weighted by Crippen LogP contribution is -2.59. The fourth-order valence-corrected chi connectivity index (χ4v) is 5.58. The van der Waals surface area contributed by atoms with Gasteiger partial charge in [0.25, 0.3) is 0 Å². The van der Waals surface area contributed by atoms with Crippen LogP contribution in [0.15, 0.2) is 30.3 Å². The van der Waals surface area contributed by atoms with Crippen LogP contribution in [0, 0.1) is 5.92 Å². The number of aliphatic hydroxyl groups excluding tert-OH is 2. The molecule has 0 radical (unpaired) electrons. The maximum atomic E-state index is 13.7. The molecule has 1 aliphatic heterocycles. The van der Waals surface area contributed by atoms with Crippen LogP contribution in [0.25, 0.3) is 0 Å². The Kier molecular flexibility index (Phi) is 16.1. The third-order valence-corrected chi connectivity index (χ3v) is 7.81. The van der Waals surface area contributed by atoms with E-state index in [1.807, 2.05) is 35.2 Å². The summed E-state index contributed by atoms with van der Waals surface area (Å²) in [6, 6.07) is 3.67. The van der Waals surface area contributed by atoms with E-state index in [-0.39, 0.29) is 25.3 Å². The van der Waals surface area contributed by atoms with E-state index in [0.717, 1.165) is 12.0 Å². The standard InChI is InChI=1S/C34H54N6O9/c1-20(2)15-24(38-32(47)26(19-41)36-21(3)42)30(45)39-25(17-29(35)44)31(46)37-23(16-22-11-8-7-9-12-22)28(43)18-40-14-10-13-27(40)33(48)49-34(4,5)6/h7-9,11-12,20,23-28,41,43H,10,13-19H2,1-6H3,(H2,35,44)(H,36,42)(H,37,46)(H,38,47)(H,39,45)/t23-,24-,25-,26-,27-,28+/m0/s1. The lowest BCUT2D eigenvalue weighted by Gasteiger charge is -2.32.